The number of carbonyl (C=O) groups excluding carboxylic acids is 2. The molecule has 1 rings (SSSR count). The van der Waals surface area contributed by atoms with Gasteiger partial charge in [0.15, 0.2) is 0 Å². The molecule has 1 atom stereocenters. The van der Waals surface area contributed by atoms with Gasteiger partial charge in [-0.15, -0.1) is 0 Å². The van der Waals surface area contributed by atoms with Crippen molar-refractivity contribution in [1.29, 1.82) is 0 Å². The zero-order chi connectivity index (χ0) is 15.3. The number of ether oxygens (including phenoxy) is 1. The normalized spacial score (nSPS) is 11.7. The number of aryl methyl sites for hydroxylation is 1. The molecule has 0 aliphatic rings. The summed E-state index contributed by atoms with van der Waals surface area (Å²) in [6.45, 7) is 3.16. The maximum Gasteiger partial charge on any atom is 0.247 e. The number of hydrogen-bond donors (Lipinski definition) is 3. The van der Waals surface area contributed by atoms with Gasteiger partial charge in [-0.05, 0) is 18.6 Å². The Morgan fingerprint density at radius 3 is 2.60 bits per heavy atom. The number of rotatable bonds is 5. The largest absolute Gasteiger partial charge is 0.495 e. The summed E-state index contributed by atoms with van der Waals surface area (Å²) in [6.07, 6.45) is 0. The summed E-state index contributed by atoms with van der Waals surface area (Å²) in [5.74, 6) is -0.0105. The minimum atomic E-state index is -0.712. The van der Waals surface area contributed by atoms with Crippen molar-refractivity contribution >= 4 is 41.7 Å². The van der Waals surface area contributed by atoms with E-state index >= 15 is 0 Å². The summed E-state index contributed by atoms with van der Waals surface area (Å²) in [4.78, 5) is 23.1. The zero-order valence-electron chi connectivity index (χ0n) is 11.5. The van der Waals surface area contributed by atoms with Gasteiger partial charge in [0, 0.05) is 23.8 Å². The highest BCUT2D eigenvalue weighted by atomic mass is 35.5. The lowest BCUT2D eigenvalue weighted by Crippen LogP contribution is -2.44. The minimum Gasteiger partial charge on any atom is -0.495 e. The van der Waals surface area contributed by atoms with Crippen LogP contribution in [0.1, 0.15) is 12.5 Å². The van der Waals surface area contributed by atoms with Gasteiger partial charge in [-0.3, -0.25) is 9.59 Å². The first-order valence-corrected chi connectivity index (χ1v) is 6.93. The summed E-state index contributed by atoms with van der Waals surface area (Å²) >= 11 is 10.1. The van der Waals surface area contributed by atoms with E-state index in [1.807, 2.05) is 6.92 Å². The van der Waals surface area contributed by atoms with Crippen LogP contribution in [0, 0.1) is 6.92 Å². The molecule has 20 heavy (non-hydrogen) atoms. The van der Waals surface area contributed by atoms with Crippen molar-refractivity contribution in [1.82, 2.24) is 5.32 Å². The predicted molar refractivity (Wildman–Crippen MR) is 82.8 cm³/mol. The third kappa shape index (κ3) is 4.31. The quantitative estimate of drug-likeness (QED) is 0.728. The number of nitrogens with one attached hydrogen (secondary N) is 2. The standard InChI is InChI=1S/C13H17ClN2O3S/c1-7-4-10(12(19-3)5-9(7)14)16-13(18)11(6-20)15-8(2)17/h4-5,11,20H,6H2,1-3H3,(H,15,17)(H,16,18). The number of halogens is 1. The first-order chi connectivity index (χ1) is 9.38. The van der Waals surface area contributed by atoms with Gasteiger partial charge < -0.3 is 15.4 Å². The molecule has 0 saturated heterocycles. The molecule has 0 aromatic heterocycles. The molecule has 1 aromatic carbocycles. The topological polar surface area (TPSA) is 67.4 Å². The van der Waals surface area contributed by atoms with Crippen LogP contribution >= 0.6 is 24.2 Å². The maximum absolute atomic E-state index is 12.1. The van der Waals surface area contributed by atoms with Crippen LogP contribution in [0.3, 0.4) is 0 Å². The van der Waals surface area contributed by atoms with E-state index in [1.165, 1.54) is 14.0 Å². The number of methoxy groups -OCH3 is 1. The van der Waals surface area contributed by atoms with E-state index in [9.17, 15) is 9.59 Å². The van der Waals surface area contributed by atoms with E-state index in [1.54, 1.807) is 12.1 Å². The Hall–Kier alpha value is -1.40. The van der Waals surface area contributed by atoms with Crippen LogP contribution in [0.15, 0.2) is 12.1 Å². The van der Waals surface area contributed by atoms with Crippen LogP contribution in [-0.4, -0.2) is 30.7 Å². The predicted octanol–water partition coefficient (Wildman–Crippen LogP) is 2.03. The Kier molecular flexibility index (Phi) is 6.16. The van der Waals surface area contributed by atoms with Crippen LogP contribution < -0.4 is 15.4 Å². The number of thiol groups is 1. The van der Waals surface area contributed by atoms with Crippen LogP contribution in [-0.2, 0) is 9.59 Å². The lowest BCUT2D eigenvalue weighted by atomic mass is 10.2. The van der Waals surface area contributed by atoms with Crippen LogP contribution in [0.5, 0.6) is 5.75 Å². The van der Waals surface area contributed by atoms with Gasteiger partial charge in [0.05, 0.1) is 12.8 Å². The highest BCUT2D eigenvalue weighted by molar-refractivity contribution is 7.80. The fourth-order valence-corrected chi connectivity index (χ4v) is 2.00. The average molecular weight is 317 g/mol. The summed E-state index contributed by atoms with van der Waals surface area (Å²) in [5.41, 5.74) is 1.31. The Morgan fingerprint density at radius 2 is 2.10 bits per heavy atom. The molecule has 0 bridgehead atoms. The molecule has 1 unspecified atom stereocenters. The highest BCUT2D eigenvalue weighted by Crippen LogP contribution is 2.30. The Labute approximate surface area is 128 Å². The Morgan fingerprint density at radius 1 is 1.45 bits per heavy atom. The van der Waals surface area contributed by atoms with Gasteiger partial charge in [0.25, 0.3) is 0 Å². The maximum atomic E-state index is 12.1. The number of benzene rings is 1. The molecule has 0 aliphatic carbocycles. The van der Waals surface area contributed by atoms with Gasteiger partial charge in [-0.25, -0.2) is 0 Å². The number of anilines is 1. The average Bonchev–Trinajstić information content (AvgIpc) is 2.39. The van der Waals surface area contributed by atoms with Crippen molar-refractivity contribution in [2.24, 2.45) is 0 Å². The van der Waals surface area contributed by atoms with Crippen molar-refractivity contribution in [2.45, 2.75) is 19.9 Å². The third-order valence-corrected chi connectivity index (χ3v) is 3.39. The molecular weight excluding hydrogens is 300 g/mol. The lowest BCUT2D eigenvalue weighted by molar-refractivity contribution is -0.124. The van der Waals surface area contributed by atoms with Crippen molar-refractivity contribution in [3.05, 3.63) is 22.7 Å². The Bertz CT molecular complexity index is 523. The molecule has 1 aromatic rings. The van der Waals surface area contributed by atoms with E-state index in [0.29, 0.717) is 16.5 Å². The van der Waals surface area contributed by atoms with Gasteiger partial charge in [0.1, 0.15) is 11.8 Å². The molecular formula is C13H17ClN2O3S. The smallest absolute Gasteiger partial charge is 0.247 e. The van der Waals surface area contributed by atoms with Gasteiger partial charge in [-0.2, -0.15) is 12.6 Å². The SMILES string of the molecule is COc1cc(Cl)c(C)cc1NC(=O)C(CS)NC(C)=O. The van der Waals surface area contributed by atoms with E-state index in [2.05, 4.69) is 23.3 Å². The molecule has 0 spiro atoms. The number of hydrogen-bond acceptors (Lipinski definition) is 4. The Balaban J connectivity index is 2.94. The summed E-state index contributed by atoms with van der Waals surface area (Å²) in [5, 5.41) is 5.77. The zero-order valence-corrected chi connectivity index (χ0v) is 13.1. The van der Waals surface area contributed by atoms with E-state index in [0.717, 1.165) is 5.56 Å². The van der Waals surface area contributed by atoms with Crippen molar-refractivity contribution in [2.75, 3.05) is 18.2 Å². The molecule has 2 N–H and O–H groups in total. The van der Waals surface area contributed by atoms with Crippen LogP contribution in [0.4, 0.5) is 5.69 Å². The monoisotopic (exact) mass is 316 g/mol. The van der Waals surface area contributed by atoms with Gasteiger partial charge >= 0.3 is 0 Å². The van der Waals surface area contributed by atoms with Crippen molar-refractivity contribution < 1.29 is 14.3 Å². The fraction of sp³-hybridized carbons (Fsp3) is 0.385. The van der Waals surface area contributed by atoms with E-state index in [-0.39, 0.29) is 17.6 Å². The molecule has 2 amide bonds. The van der Waals surface area contributed by atoms with E-state index < -0.39 is 6.04 Å². The second kappa shape index (κ2) is 7.40. The molecule has 0 heterocycles. The molecule has 7 heteroatoms. The van der Waals surface area contributed by atoms with Crippen LogP contribution in [0.2, 0.25) is 5.02 Å². The molecule has 0 saturated carbocycles. The first kappa shape index (κ1) is 16.7. The fourth-order valence-electron chi connectivity index (χ4n) is 1.59. The third-order valence-electron chi connectivity index (χ3n) is 2.62. The summed E-state index contributed by atoms with van der Waals surface area (Å²) < 4.78 is 5.17. The van der Waals surface area contributed by atoms with Gasteiger partial charge in [-0.1, -0.05) is 11.6 Å². The van der Waals surface area contributed by atoms with E-state index in [4.69, 9.17) is 16.3 Å². The summed E-state index contributed by atoms with van der Waals surface area (Å²) in [6, 6.07) is 2.62. The molecule has 110 valence electrons. The second-order valence-corrected chi connectivity index (χ2v) is 5.00. The summed E-state index contributed by atoms with van der Waals surface area (Å²) in [7, 11) is 1.49. The first-order valence-electron chi connectivity index (χ1n) is 5.92. The number of carbonyl (C=O) groups is 2. The molecule has 0 radical (unpaired) electrons. The van der Waals surface area contributed by atoms with Crippen molar-refractivity contribution in [3.8, 4) is 5.75 Å². The molecule has 5 nitrogen and oxygen atoms in total. The second-order valence-electron chi connectivity index (χ2n) is 4.23. The number of amides is 2. The van der Waals surface area contributed by atoms with Crippen LogP contribution in [0.25, 0.3) is 0 Å². The lowest BCUT2D eigenvalue weighted by Gasteiger charge is -2.17. The van der Waals surface area contributed by atoms with Crippen molar-refractivity contribution in [3.63, 3.8) is 0 Å². The molecule has 0 fully saturated rings. The molecule has 0 aliphatic heterocycles. The minimum absolute atomic E-state index is 0.195. The highest BCUT2D eigenvalue weighted by Gasteiger charge is 2.19. The van der Waals surface area contributed by atoms with Gasteiger partial charge in [0.2, 0.25) is 11.8 Å².